The highest BCUT2D eigenvalue weighted by atomic mass is 35.5. The zero-order valence-corrected chi connectivity index (χ0v) is 23.7. The number of nitrogens with zero attached hydrogens (tertiary/aromatic N) is 1. The maximum atomic E-state index is 12.6. The fourth-order valence-electron chi connectivity index (χ4n) is 4.00. The van der Waals surface area contributed by atoms with Crippen molar-refractivity contribution >= 4 is 41.4 Å². The molecule has 12 heteroatoms. The zero-order chi connectivity index (χ0) is 29.3. The highest BCUT2D eigenvalue weighted by Crippen LogP contribution is 2.36. The molecule has 1 aliphatic rings. The van der Waals surface area contributed by atoms with Crippen molar-refractivity contribution in [2.45, 2.75) is 64.3 Å². The number of carbonyl (C=O) groups is 3. The number of carboxylic acid groups (broad SMARTS) is 1. The largest absolute Gasteiger partial charge is 0.481 e. The number of hydrogen-bond acceptors (Lipinski definition) is 7. The number of benzene rings is 2. The minimum absolute atomic E-state index is 0.00481. The molecule has 1 heterocycles. The molecule has 0 aliphatic carbocycles. The molecule has 1 fully saturated rings. The van der Waals surface area contributed by atoms with Gasteiger partial charge in [0, 0.05) is 6.61 Å². The molecule has 0 spiro atoms. The summed E-state index contributed by atoms with van der Waals surface area (Å²) >= 11 is 6.71. The lowest BCUT2D eigenvalue weighted by Gasteiger charge is -2.33. The van der Waals surface area contributed by atoms with Gasteiger partial charge in [-0.15, -0.1) is 0 Å². The lowest BCUT2D eigenvalue weighted by Crippen LogP contribution is -2.53. The van der Waals surface area contributed by atoms with Crippen LogP contribution in [0.15, 0.2) is 53.5 Å². The van der Waals surface area contributed by atoms with Crippen LogP contribution in [0.1, 0.15) is 51.7 Å². The second-order valence-electron chi connectivity index (χ2n) is 10.5. The fourth-order valence-corrected chi connectivity index (χ4v) is 4.38. The predicted molar refractivity (Wildman–Crippen MR) is 150 cm³/mol. The molecular weight excluding hydrogens is 540 g/mol. The van der Waals surface area contributed by atoms with Crippen molar-refractivity contribution in [2.75, 3.05) is 18.5 Å². The van der Waals surface area contributed by atoms with Gasteiger partial charge in [-0.05, 0) is 51.3 Å². The second kappa shape index (κ2) is 13.5. The number of rotatable bonds is 8. The lowest BCUT2D eigenvalue weighted by atomic mass is 9.88. The van der Waals surface area contributed by atoms with Crippen molar-refractivity contribution in [1.29, 1.82) is 0 Å². The van der Waals surface area contributed by atoms with Crippen LogP contribution in [-0.2, 0) is 31.2 Å². The number of nitrogens with one attached hydrogen (secondary N) is 3. The van der Waals surface area contributed by atoms with E-state index in [9.17, 15) is 19.5 Å². The van der Waals surface area contributed by atoms with Crippen LogP contribution in [0.5, 0.6) is 0 Å². The highest BCUT2D eigenvalue weighted by Gasteiger charge is 2.35. The first-order chi connectivity index (χ1) is 18.8. The van der Waals surface area contributed by atoms with Gasteiger partial charge in [0.05, 0.1) is 35.3 Å². The third kappa shape index (κ3) is 9.42. The normalized spacial score (nSPS) is 16.9. The summed E-state index contributed by atoms with van der Waals surface area (Å²) in [6.07, 6.45) is -1.31. The van der Waals surface area contributed by atoms with Gasteiger partial charge in [0.15, 0.2) is 0 Å². The first-order valence-electron chi connectivity index (χ1n) is 12.8. The Morgan fingerprint density at radius 2 is 1.80 bits per heavy atom. The average Bonchev–Trinajstić information content (AvgIpc) is 3.36. The smallest absolute Gasteiger partial charge is 0.414 e. The molecule has 2 aromatic carbocycles. The number of carboxylic acids is 1. The molecular formula is C28H35ClN4O7. The van der Waals surface area contributed by atoms with Gasteiger partial charge in [-0.25, -0.2) is 14.6 Å². The maximum Gasteiger partial charge on any atom is 0.414 e. The molecule has 0 bridgehead atoms. The first kappa shape index (κ1) is 30.7. The fraction of sp³-hybridized carbons (Fsp3) is 0.429. The summed E-state index contributed by atoms with van der Waals surface area (Å²) in [6, 6.07) is 13.7. The number of guanidine groups is 1. The molecule has 216 valence electrons. The molecule has 0 aromatic heterocycles. The summed E-state index contributed by atoms with van der Waals surface area (Å²) in [6.45, 7) is 7.70. The number of carbonyl (C=O) groups excluding carboxylic acids is 2. The van der Waals surface area contributed by atoms with Crippen molar-refractivity contribution in [3.63, 3.8) is 0 Å². The number of halogens is 1. The molecule has 0 saturated carbocycles. The minimum atomic E-state index is -1.37. The van der Waals surface area contributed by atoms with Gasteiger partial charge in [0.2, 0.25) is 5.96 Å². The van der Waals surface area contributed by atoms with Crippen molar-refractivity contribution < 1.29 is 33.7 Å². The Morgan fingerprint density at radius 1 is 1.07 bits per heavy atom. The van der Waals surface area contributed by atoms with Crippen molar-refractivity contribution in [3.05, 3.63) is 64.7 Å². The molecule has 2 aromatic rings. The minimum Gasteiger partial charge on any atom is -0.481 e. The summed E-state index contributed by atoms with van der Waals surface area (Å²) in [5, 5.41) is 18.1. The van der Waals surface area contributed by atoms with Gasteiger partial charge in [-0.3, -0.25) is 15.4 Å². The molecule has 2 atom stereocenters. The topological polar surface area (TPSA) is 148 Å². The Labute approximate surface area is 238 Å². The Morgan fingerprint density at radius 3 is 2.42 bits per heavy atom. The average molecular weight is 575 g/mol. The molecule has 1 saturated heterocycles. The van der Waals surface area contributed by atoms with E-state index in [-0.39, 0.29) is 29.3 Å². The standard InChI is InChI=1S/C28H35ClN4O7/c1-27(2,3)40-26(37)32-24(30-19-13-14-38-17-19)33-28(4,15-22(34)35)20-11-8-12-21(23(20)29)31-25(36)39-16-18-9-6-5-7-10-18/h5-12,19H,13-17H2,1-4H3,(H,31,36)(H,34,35)(H2,30,32,33,37). The van der Waals surface area contributed by atoms with Gasteiger partial charge >= 0.3 is 18.2 Å². The Hall–Kier alpha value is -3.83. The summed E-state index contributed by atoms with van der Waals surface area (Å²) < 4.78 is 16.1. The van der Waals surface area contributed by atoms with E-state index in [4.69, 9.17) is 25.8 Å². The van der Waals surface area contributed by atoms with E-state index in [1.54, 1.807) is 45.9 Å². The van der Waals surface area contributed by atoms with E-state index in [0.717, 1.165) is 5.56 Å². The second-order valence-corrected chi connectivity index (χ2v) is 10.9. The van der Waals surface area contributed by atoms with Gasteiger partial charge in [0.1, 0.15) is 12.2 Å². The number of hydrogen-bond donors (Lipinski definition) is 4. The monoisotopic (exact) mass is 574 g/mol. The number of aliphatic imine (C=N–C) groups is 1. The molecule has 40 heavy (non-hydrogen) atoms. The molecule has 2 amide bonds. The lowest BCUT2D eigenvalue weighted by molar-refractivity contribution is -0.138. The number of amides is 2. The van der Waals surface area contributed by atoms with E-state index in [0.29, 0.717) is 25.2 Å². The molecule has 3 rings (SSSR count). The third-order valence-electron chi connectivity index (χ3n) is 5.78. The molecule has 4 N–H and O–H groups in total. The van der Waals surface area contributed by atoms with Gasteiger partial charge < -0.3 is 24.6 Å². The molecule has 0 radical (unpaired) electrons. The third-order valence-corrected chi connectivity index (χ3v) is 6.19. The van der Waals surface area contributed by atoms with E-state index in [2.05, 4.69) is 20.9 Å². The summed E-state index contributed by atoms with van der Waals surface area (Å²) in [5.74, 6) is -1.13. The van der Waals surface area contributed by atoms with Crippen LogP contribution in [0.4, 0.5) is 15.3 Å². The SMILES string of the molecule is CC(C)(C)OC(=O)NC(=NC1CCOC1)NC(C)(CC(=O)O)c1cccc(NC(=O)OCc2ccccc2)c1Cl. The van der Waals surface area contributed by atoms with Gasteiger partial charge in [0.25, 0.3) is 0 Å². The summed E-state index contributed by atoms with van der Waals surface area (Å²) in [4.78, 5) is 41.6. The zero-order valence-electron chi connectivity index (χ0n) is 23.0. The Balaban J connectivity index is 1.87. The van der Waals surface area contributed by atoms with Crippen LogP contribution in [0.3, 0.4) is 0 Å². The van der Waals surface area contributed by atoms with Gasteiger partial charge in [-0.2, -0.15) is 0 Å². The van der Waals surface area contributed by atoms with Crippen LogP contribution in [0.2, 0.25) is 5.02 Å². The van der Waals surface area contributed by atoms with Crippen molar-refractivity contribution in [2.24, 2.45) is 4.99 Å². The maximum absolute atomic E-state index is 12.6. The van der Waals surface area contributed by atoms with E-state index < -0.39 is 35.7 Å². The van der Waals surface area contributed by atoms with Crippen LogP contribution in [-0.4, -0.2) is 54.1 Å². The Bertz CT molecular complexity index is 1230. The summed E-state index contributed by atoms with van der Waals surface area (Å²) in [7, 11) is 0. The first-order valence-corrected chi connectivity index (χ1v) is 13.1. The summed E-state index contributed by atoms with van der Waals surface area (Å²) in [5.41, 5.74) is -0.763. The number of anilines is 1. The van der Waals surface area contributed by atoms with Gasteiger partial charge in [-0.1, -0.05) is 54.1 Å². The number of ether oxygens (including phenoxy) is 3. The van der Waals surface area contributed by atoms with E-state index >= 15 is 0 Å². The van der Waals surface area contributed by atoms with Crippen LogP contribution in [0, 0.1) is 0 Å². The quantitative estimate of drug-likeness (QED) is 0.253. The van der Waals surface area contributed by atoms with Crippen LogP contribution >= 0.6 is 11.6 Å². The number of alkyl carbamates (subject to hydrolysis) is 1. The van der Waals surface area contributed by atoms with Crippen molar-refractivity contribution in [1.82, 2.24) is 10.6 Å². The predicted octanol–water partition coefficient (Wildman–Crippen LogP) is 5.04. The van der Waals surface area contributed by atoms with Crippen LogP contribution < -0.4 is 16.0 Å². The van der Waals surface area contributed by atoms with E-state index in [1.807, 2.05) is 30.3 Å². The van der Waals surface area contributed by atoms with Crippen molar-refractivity contribution in [3.8, 4) is 0 Å². The van der Waals surface area contributed by atoms with Crippen LogP contribution in [0.25, 0.3) is 0 Å². The molecule has 1 aliphatic heterocycles. The molecule has 11 nitrogen and oxygen atoms in total. The molecule has 2 unspecified atom stereocenters. The number of aliphatic carboxylic acids is 1. The highest BCUT2D eigenvalue weighted by molar-refractivity contribution is 6.34. The Kier molecular flexibility index (Phi) is 10.4. The van der Waals surface area contributed by atoms with E-state index in [1.165, 1.54) is 0 Å².